The second kappa shape index (κ2) is 5.53. The fourth-order valence-corrected chi connectivity index (χ4v) is 3.01. The molecule has 0 atom stereocenters. The van der Waals surface area contributed by atoms with Gasteiger partial charge in [-0.15, -0.1) is 0 Å². The van der Waals surface area contributed by atoms with Crippen LogP contribution in [0.2, 0.25) is 0 Å². The standard InChI is InChI=1S/C17H19N3O/c1-12-14(11-18)17(20-9-5-6-10-20)19-16(12)13-7-3-4-8-15(13)21-2/h3-4,7-8,19H,5-6,9-10H2,1-2H3. The highest BCUT2D eigenvalue weighted by atomic mass is 16.5. The predicted molar refractivity (Wildman–Crippen MR) is 83.7 cm³/mol. The minimum absolute atomic E-state index is 0.748. The van der Waals surface area contributed by atoms with E-state index in [0.717, 1.165) is 47.0 Å². The summed E-state index contributed by atoms with van der Waals surface area (Å²) < 4.78 is 5.45. The van der Waals surface area contributed by atoms with Gasteiger partial charge in [-0.05, 0) is 37.5 Å². The monoisotopic (exact) mass is 281 g/mol. The van der Waals surface area contributed by atoms with Gasteiger partial charge in [0.15, 0.2) is 0 Å². The van der Waals surface area contributed by atoms with Crippen molar-refractivity contribution in [2.24, 2.45) is 0 Å². The molecular formula is C17H19N3O. The summed E-state index contributed by atoms with van der Waals surface area (Å²) in [6.07, 6.45) is 2.37. The van der Waals surface area contributed by atoms with Crippen LogP contribution in [-0.2, 0) is 0 Å². The van der Waals surface area contributed by atoms with E-state index < -0.39 is 0 Å². The highest BCUT2D eigenvalue weighted by Crippen LogP contribution is 2.37. The average molecular weight is 281 g/mol. The van der Waals surface area contributed by atoms with E-state index in [0.29, 0.717) is 0 Å². The van der Waals surface area contributed by atoms with Crippen LogP contribution in [0.25, 0.3) is 11.3 Å². The normalized spacial score (nSPS) is 14.2. The lowest BCUT2D eigenvalue weighted by molar-refractivity contribution is 0.416. The molecular weight excluding hydrogens is 262 g/mol. The van der Waals surface area contributed by atoms with Crippen LogP contribution in [0.15, 0.2) is 24.3 Å². The SMILES string of the molecule is COc1ccccc1-c1[nH]c(N2CCCC2)c(C#N)c1C. The van der Waals surface area contributed by atoms with Crippen LogP contribution in [0.3, 0.4) is 0 Å². The topological polar surface area (TPSA) is 52.0 Å². The molecule has 1 N–H and O–H groups in total. The number of nitrogens with one attached hydrogen (secondary N) is 1. The number of anilines is 1. The summed E-state index contributed by atoms with van der Waals surface area (Å²) in [5.74, 6) is 1.77. The molecule has 0 aliphatic carbocycles. The number of aromatic amines is 1. The van der Waals surface area contributed by atoms with Gasteiger partial charge in [0.2, 0.25) is 0 Å². The Morgan fingerprint density at radius 3 is 2.62 bits per heavy atom. The van der Waals surface area contributed by atoms with E-state index in [9.17, 15) is 5.26 Å². The van der Waals surface area contributed by atoms with Crippen LogP contribution in [0.1, 0.15) is 24.0 Å². The highest BCUT2D eigenvalue weighted by molar-refractivity contribution is 5.77. The quantitative estimate of drug-likeness (QED) is 0.937. The third-order valence-electron chi connectivity index (χ3n) is 4.14. The third-order valence-corrected chi connectivity index (χ3v) is 4.14. The molecule has 0 bridgehead atoms. The maximum Gasteiger partial charge on any atom is 0.128 e. The molecule has 4 nitrogen and oxygen atoms in total. The molecule has 4 heteroatoms. The van der Waals surface area contributed by atoms with E-state index >= 15 is 0 Å². The number of hydrogen-bond acceptors (Lipinski definition) is 3. The number of ether oxygens (including phenoxy) is 1. The number of methoxy groups -OCH3 is 1. The Hall–Kier alpha value is -2.41. The minimum Gasteiger partial charge on any atom is -0.496 e. The van der Waals surface area contributed by atoms with Crippen molar-refractivity contribution >= 4 is 5.82 Å². The second-order valence-electron chi connectivity index (χ2n) is 5.35. The maximum atomic E-state index is 9.52. The molecule has 1 aliphatic rings. The lowest BCUT2D eigenvalue weighted by Gasteiger charge is -2.15. The number of rotatable bonds is 3. The van der Waals surface area contributed by atoms with Crippen LogP contribution >= 0.6 is 0 Å². The van der Waals surface area contributed by atoms with Gasteiger partial charge in [0.05, 0.1) is 18.4 Å². The molecule has 1 aromatic carbocycles. The molecule has 2 heterocycles. The maximum absolute atomic E-state index is 9.52. The third kappa shape index (κ3) is 2.25. The molecule has 1 aliphatic heterocycles. The summed E-state index contributed by atoms with van der Waals surface area (Å²) in [6.45, 7) is 4.02. The summed E-state index contributed by atoms with van der Waals surface area (Å²) >= 11 is 0. The van der Waals surface area contributed by atoms with Gasteiger partial charge >= 0.3 is 0 Å². The number of H-pyrrole nitrogens is 1. The molecule has 21 heavy (non-hydrogen) atoms. The van der Waals surface area contributed by atoms with Crippen molar-refractivity contribution in [2.45, 2.75) is 19.8 Å². The van der Waals surface area contributed by atoms with Crippen molar-refractivity contribution in [3.8, 4) is 23.1 Å². The van der Waals surface area contributed by atoms with Gasteiger partial charge in [0, 0.05) is 18.7 Å². The number of aromatic nitrogens is 1. The lowest BCUT2D eigenvalue weighted by atomic mass is 10.1. The zero-order valence-corrected chi connectivity index (χ0v) is 12.4. The van der Waals surface area contributed by atoms with Gasteiger partial charge in [0.25, 0.3) is 0 Å². The first-order chi connectivity index (χ1) is 10.3. The fourth-order valence-electron chi connectivity index (χ4n) is 3.01. The number of benzene rings is 1. The summed E-state index contributed by atoms with van der Waals surface area (Å²) in [4.78, 5) is 5.73. The molecule has 2 aromatic rings. The van der Waals surface area contributed by atoms with Crippen molar-refractivity contribution in [3.63, 3.8) is 0 Å². The van der Waals surface area contributed by atoms with E-state index in [-0.39, 0.29) is 0 Å². The van der Waals surface area contributed by atoms with Gasteiger partial charge in [-0.1, -0.05) is 12.1 Å². The molecule has 3 rings (SSSR count). The Morgan fingerprint density at radius 2 is 1.95 bits per heavy atom. The number of nitrogens with zero attached hydrogens (tertiary/aromatic N) is 2. The van der Waals surface area contributed by atoms with Crippen LogP contribution in [0, 0.1) is 18.3 Å². The first-order valence-electron chi connectivity index (χ1n) is 7.27. The predicted octanol–water partition coefficient (Wildman–Crippen LogP) is 3.47. The Kier molecular flexibility index (Phi) is 3.57. The summed E-state index contributed by atoms with van der Waals surface area (Å²) in [7, 11) is 1.67. The molecule has 0 amide bonds. The first kappa shape index (κ1) is 13.6. The zero-order valence-electron chi connectivity index (χ0n) is 12.4. The zero-order chi connectivity index (χ0) is 14.8. The molecule has 0 spiro atoms. The Balaban J connectivity index is 2.13. The van der Waals surface area contributed by atoms with Crippen LogP contribution in [0.4, 0.5) is 5.82 Å². The Bertz CT molecular complexity index is 691. The molecule has 0 unspecified atom stereocenters. The Labute approximate surface area is 125 Å². The van der Waals surface area contributed by atoms with Gasteiger partial charge in [-0.3, -0.25) is 0 Å². The molecule has 0 radical (unpaired) electrons. The van der Waals surface area contributed by atoms with Crippen molar-refractivity contribution in [1.29, 1.82) is 5.26 Å². The van der Waals surface area contributed by atoms with Crippen molar-refractivity contribution in [3.05, 3.63) is 35.4 Å². The summed E-state index contributed by atoms with van der Waals surface area (Å²) in [5.41, 5.74) is 3.71. The lowest BCUT2D eigenvalue weighted by Crippen LogP contribution is -2.18. The van der Waals surface area contributed by atoms with Gasteiger partial charge in [-0.25, -0.2) is 0 Å². The number of hydrogen-bond donors (Lipinski definition) is 1. The van der Waals surface area contributed by atoms with Crippen LogP contribution in [-0.4, -0.2) is 25.2 Å². The van der Waals surface area contributed by atoms with Crippen LogP contribution < -0.4 is 9.64 Å². The van der Waals surface area contributed by atoms with E-state index in [1.165, 1.54) is 12.8 Å². The minimum atomic E-state index is 0.748. The number of nitriles is 1. The Morgan fingerprint density at radius 1 is 1.24 bits per heavy atom. The summed E-state index contributed by atoms with van der Waals surface area (Å²) in [5, 5.41) is 9.52. The van der Waals surface area contributed by atoms with Crippen molar-refractivity contribution in [2.75, 3.05) is 25.1 Å². The first-order valence-corrected chi connectivity index (χ1v) is 7.27. The molecule has 108 valence electrons. The molecule has 1 fully saturated rings. The largest absolute Gasteiger partial charge is 0.496 e. The van der Waals surface area contributed by atoms with E-state index in [4.69, 9.17) is 4.74 Å². The van der Waals surface area contributed by atoms with Gasteiger partial charge < -0.3 is 14.6 Å². The molecule has 0 saturated carbocycles. The van der Waals surface area contributed by atoms with E-state index in [1.54, 1.807) is 7.11 Å². The molecule has 1 saturated heterocycles. The number of para-hydroxylation sites is 1. The van der Waals surface area contributed by atoms with Crippen molar-refractivity contribution < 1.29 is 4.74 Å². The van der Waals surface area contributed by atoms with E-state index in [2.05, 4.69) is 16.0 Å². The van der Waals surface area contributed by atoms with E-state index in [1.807, 2.05) is 31.2 Å². The van der Waals surface area contributed by atoms with Crippen molar-refractivity contribution in [1.82, 2.24) is 4.98 Å². The average Bonchev–Trinajstić information content (AvgIpc) is 3.14. The van der Waals surface area contributed by atoms with Gasteiger partial charge in [-0.2, -0.15) is 5.26 Å². The molecule has 1 aromatic heterocycles. The van der Waals surface area contributed by atoms with Gasteiger partial charge in [0.1, 0.15) is 17.6 Å². The highest BCUT2D eigenvalue weighted by Gasteiger charge is 2.23. The fraction of sp³-hybridized carbons (Fsp3) is 0.353. The van der Waals surface area contributed by atoms with Crippen LogP contribution in [0.5, 0.6) is 5.75 Å². The second-order valence-corrected chi connectivity index (χ2v) is 5.35. The summed E-state index contributed by atoms with van der Waals surface area (Å²) in [6, 6.07) is 10.3. The smallest absolute Gasteiger partial charge is 0.128 e.